The zero-order valence-corrected chi connectivity index (χ0v) is 19.2. The molecule has 0 aromatic heterocycles. The quantitative estimate of drug-likeness (QED) is 0.212. The van der Waals surface area contributed by atoms with Crippen molar-refractivity contribution in [3.63, 3.8) is 0 Å². The molecule has 0 saturated carbocycles. The van der Waals surface area contributed by atoms with Gasteiger partial charge in [-0.25, -0.2) is 0 Å². The predicted molar refractivity (Wildman–Crippen MR) is 121 cm³/mol. The van der Waals surface area contributed by atoms with Crippen molar-refractivity contribution in [3.8, 4) is 0 Å². The van der Waals surface area contributed by atoms with Gasteiger partial charge in [-0.3, -0.25) is 9.89 Å². The van der Waals surface area contributed by atoms with Crippen molar-refractivity contribution < 1.29 is 17.9 Å². The van der Waals surface area contributed by atoms with Crippen LogP contribution >= 0.6 is 24.0 Å². The van der Waals surface area contributed by atoms with E-state index in [0.717, 1.165) is 12.8 Å². The molecule has 1 aliphatic rings. The van der Waals surface area contributed by atoms with Gasteiger partial charge in [0.2, 0.25) is 0 Å². The lowest BCUT2D eigenvalue weighted by molar-refractivity contribution is -0.143. The Bertz CT molecular complexity index is 587. The normalized spacial score (nSPS) is 17.8. The van der Waals surface area contributed by atoms with Crippen LogP contribution < -0.4 is 10.6 Å². The van der Waals surface area contributed by atoms with Crippen molar-refractivity contribution in [2.75, 3.05) is 45.9 Å². The molecule has 0 bridgehead atoms. The first-order valence-electron chi connectivity index (χ1n) is 9.92. The number of halogens is 4. The third-order valence-corrected chi connectivity index (χ3v) is 4.45. The van der Waals surface area contributed by atoms with Crippen molar-refractivity contribution in [1.82, 2.24) is 15.5 Å². The molecule has 2 N–H and O–H groups in total. The van der Waals surface area contributed by atoms with E-state index < -0.39 is 12.7 Å². The minimum absolute atomic E-state index is 0. The highest BCUT2D eigenvalue weighted by Crippen LogP contribution is 2.19. The van der Waals surface area contributed by atoms with E-state index in [4.69, 9.17) is 4.74 Å². The first-order chi connectivity index (χ1) is 13.5. The zero-order chi connectivity index (χ0) is 20.2. The van der Waals surface area contributed by atoms with Gasteiger partial charge in [-0.1, -0.05) is 30.3 Å². The van der Waals surface area contributed by atoms with Gasteiger partial charge in [-0.2, -0.15) is 13.2 Å². The van der Waals surface area contributed by atoms with Crippen molar-refractivity contribution in [1.29, 1.82) is 0 Å². The summed E-state index contributed by atoms with van der Waals surface area (Å²) in [6, 6.07) is 10.2. The summed E-state index contributed by atoms with van der Waals surface area (Å²) in [5, 5.41) is 6.40. The molecule has 1 aromatic carbocycles. The van der Waals surface area contributed by atoms with Gasteiger partial charge >= 0.3 is 6.18 Å². The fraction of sp³-hybridized carbons (Fsp3) is 0.650. The van der Waals surface area contributed by atoms with E-state index >= 15 is 0 Å². The second-order valence-corrected chi connectivity index (χ2v) is 6.94. The molecule has 1 atom stereocenters. The average Bonchev–Trinajstić information content (AvgIpc) is 3.06. The average molecular weight is 528 g/mol. The Hall–Kier alpha value is -1.07. The summed E-state index contributed by atoms with van der Waals surface area (Å²) in [7, 11) is 0. The second kappa shape index (κ2) is 14.0. The standard InChI is InChI=1S/C20H31F3N4O.HI/c1-2-24-19(26-18-9-12-27(15-18)16-20(21,22)23)25-11-6-13-28-14-10-17-7-4-3-5-8-17;/h3-5,7-8,18H,2,6,9-16H2,1H3,(H2,24,25,26);1H. The lowest BCUT2D eigenvalue weighted by Crippen LogP contribution is -2.45. The molecule has 0 radical (unpaired) electrons. The number of hydrogen-bond acceptors (Lipinski definition) is 3. The largest absolute Gasteiger partial charge is 0.401 e. The number of rotatable bonds is 10. The van der Waals surface area contributed by atoms with Gasteiger partial charge in [0.05, 0.1) is 13.2 Å². The van der Waals surface area contributed by atoms with Crippen molar-refractivity contribution >= 4 is 29.9 Å². The minimum atomic E-state index is -4.14. The second-order valence-electron chi connectivity index (χ2n) is 6.94. The minimum Gasteiger partial charge on any atom is -0.381 e. The van der Waals surface area contributed by atoms with Crippen LogP contribution in [0.1, 0.15) is 25.3 Å². The highest BCUT2D eigenvalue weighted by Gasteiger charge is 2.34. The topological polar surface area (TPSA) is 48.9 Å². The highest BCUT2D eigenvalue weighted by atomic mass is 127. The summed E-state index contributed by atoms with van der Waals surface area (Å²) >= 11 is 0. The van der Waals surface area contributed by atoms with E-state index in [1.54, 1.807) is 0 Å². The van der Waals surface area contributed by atoms with Gasteiger partial charge in [0.25, 0.3) is 0 Å². The van der Waals surface area contributed by atoms with Crippen molar-refractivity contribution in [3.05, 3.63) is 35.9 Å². The van der Waals surface area contributed by atoms with Crippen molar-refractivity contribution in [2.24, 2.45) is 4.99 Å². The van der Waals surface area contributed by atoms with Gasteiger partial charge in [-0.15, -0.1) is 24.0 Å². The van der Waals surface area contributed by atoms with Gasteiger partial charge in [0.1, 0.15) is 0 Å². The predicted octanol–water partition coefficient (Wildman–Crippen LogP) is 3.45. The summed E-state index contributed by atoms with van der Waals surface area (Å²) in [4.78, 5) is 5.94. The van der Waals surface area contributed by atoms with Crippen LogP contribution in [0.25, 0.3) is 0 Å². The maximum absolute atomic E-state index is 12.5. The maximum Gasteiger partial charge on any atom is 0.401 e. The number of ether oxygens (including phenoxy) is 1. The summed E-state index contributed by atoms with van der Waals surface area (Å²) in [6.07, 6.45) is -1.77. The van der Waals surface area contributed by atoms with Gasteiger partial charge < -0.3 is 15.4 Å². The van der Waals surface area contributed by atoms with E-state index in [-0.39, 0.29) is 30.0 Å². The van der Waals surface area contributed by atoms with Gasteiger partial charge in [0.15, 0.2) is 5.96 Å². The van der Waals surface area contributed by atoms with Crippen LogP contribution in [-0.4, -0.2) is 69.0 Å². The fourth-order valence-electron chi connectivity index (χ4n) is 3.16. The van der Waals surface area contributed by atoms with E-state index in [9.17, 15) is 13.2 Å². The number of nitrogens with zero attached hydrogens (tertiary/aromatic N) is 2. The summed E-state index contributed by atoms with van der Waals surface area (Å²) in [5.74, 6) is 0.658. The molecule has 1 aliphatic heterocycles. The van der Waals surface area contributed by atoms with Crippen LogP contribution in [0.15, 0.2) is 35.3 Å². The molecule has 0 amide bonds. The molecular weight excluding hydrogens is 496 g/mol. The lowest BCUT2D eigenvalue weighted by Gasteiger charge is -2.19. The Balaban J connectivity index is 0.00000420. The molecule has 0 aliphatic carbocycles. The lowest BCUT2D eigenvalue weighted by atomic mass is 10.2. The third kappa shape index (κ3) is 11.6. The Morgan fingerprint density at radius 2 is 2.00 bits per heavy atom. The van der Waals surface area contributed by atoms with Crippen LogP contribution in [0.2, 0.25) is 0 Å². The molecule has 1 heterocycles. The maximum atomic E-state index is 12.5. The van der Waals surface area contributed by atoms with Crippen LogP contribution in [0, 0.1) is 0 Å². The molecule has 1 saturated heterocycles. The molecule has 1 unspecified atom stereocenters. The number of guanidine groups is 1. The van der Waals surface area contributed by atoms with E-state index in [0.29, 0.717) is 51.8 Å². The molecule has 29 heavy (non-hydrogen) atoms. The highest BCUT2D eigenvalue weighted by molar-refractivity contribution is 14.0. The number of alkyl halides is 3. The molecule has 1 fully saturated rings. The zero-order valence-electron chi connectivity index (χ0n) is 16.9. The molecule has 2 rings (SSSR count). The molecule has 9 heteroatoms. The number of aliphatic imine (C=N–C) groups is 1. The van der Waals surface area contributed by atoms with Gasteiger partial charge in [-0.05, 0) is 31.7 Å². The van der Waals surface area contributed by atoms with Crippen LogP contribution in [0.3, 0.4) is 0 Å². The van der Waals surface area contributed by atoms with Crippen LogP contribution in [0.4, 0.5) is 13.2 Å². The molecular formula is C20H32F3IN4O. The number of benzene rings is 1. The summed E-state index contributed by atoms with van der Waals surface area (Å²) < 4.78 is 43.1. The molecule has 166 valence electrons. The smallest absolute Gasteiger partial charge is 0.381 e. The van der Waals surface area contributed by atoms with E-state index in [2.05, 4.69) is 27.8 Å². The Morgan fingerprint density at radius 1 is 1.24 bits per heavy atom. The van der Waals surface area contributed by atoms with Crippen LogP contribution in [0.5, 0.6) is 0 Å². The van der Waals surface area contributed by atoms with Gasteiger partial charge in [0, 0.05) is 38.8 Å². The SMILES string of the molecule is CCNC(=NCCCOCCc1ccccc1)NC1CCN(CC(F)(F)F)C1.I. The van der Waals surface area contributed by atoms with E-state index in [1.165, 1.54) is 10.5 Å². The number of likely N-dealkylation sites (tertiary alicyclic amines) is 1. The molecule has 1 aromatic rings. The fourth-order valence-corrected chi connectivity index (χ4v) is 3.16. The summed E-state index contributed by atoms with van der Waals surface area (Å²) in [6.45, 7) is 4.59. The summed E-state index contributed by atoms with van der Waals surface area (Å²) in [5.41, 5.74) is 1.26. The first kappa shape index (κ1) is 26.0. The number of nitrogens with one attached hydrogen (secondary N) is 2. The molecule has 5 nitrogen and oxygen atoms in total. The third-order valence-electron chi connectivity index (χ3n) is 4.45. The van der Waals surface area contributed by atoms with Crippen LogP contribution in [-0.2, 0) is 11.2 Å². The van der Waals surface area contributed by atoms with Crippen molar-refractivity contribution in [2.45, 2.75) is 38.4 Å². The number of hydrogen-bond donors (Lipinski definition) is 2. The Labute approximate surface area is 188 Å². The van der Waals surface area contributed by atoms with E-state index in [1.807, 2.05) is 25.1 Å². The molecule has 0 spiro atoms. The monoisotopic (exact) mass is 528 g/mol. The Morgan fingerprint density at radius 3 is 2.69 bits per heavy atom. The Kier molecular flexibility index (Phi) is 12.6. The first-order valence-corrected chi connectivity index (χ1v) is 9.92.